The highest BCUT2D eigenvalue weighted by Crippen LogP contribution is 2.65. The first-order valence-corrected chi connectivity index (χ1v) is 15.2. The molecule has 4 aliphatic carbocycles. The van der Waals surface area contributed by atoms with E-state index in [1.807, 2.05) is 0 Å². The molecule has 6 unspecified atom stereocenters. The van der Waals surface area contributed by atoms with Gasteiger partial charge in [0.25, 0.3) is 0 Å². The number of oxime groups is 2. The predicted octanol–water partition coefficient (Wildman–Crippen LogP) is 5.78. The summed E-state index contributed by atoms with van der Waals surface area (Å²) >= 11 is 0. The van der Waals surface area contributed by atoms with Crippen LogP contribution in [0.4, 0.5) is 0 Å². The fraction of sp³-hybridized carbons (Fsp3) is 0.833. The molecule has 4 rings (SSSR count). The first-order chi connectivity index (χ1) is 14.2. The zero-order valence-corrected chi connectivity index (χ0v) is 20.7. The van der Waals surface area contributed by atoms with Gasteiger partial charge in [0.1, 0.15) is 14.2 Å². The molecule has 0 amide bonds. The van der Waals surface area contributed by atoms with Crippen LogP contribution in [0.15, 0.2) is 22.0 Å². The molecule has 3 saturated carbocycles. The van der Waals surface area contributed by atoms with E-state index in [2.05, 4.69) is 49.2 Å². The van der Waals surface area contributed by atoms with Crippen molar-refractivity contribution in [2.45, 2.75) is 84.0 Å². The van der Waals surface area contributed by atoms with Crippen molar-refractivity contribution in [1.82, 2.24) is 0 Å². The Morgan fingerprint density at radius 3 is 2.50 bits per heavy atom. The Kier molecular flexibility index (Phi) is 5.95. The first-order valence-electron chi connectivity index (χ1n) is 11.8. The quantitative estimate of drug-likeness (QED) is 0.314. The first kappa shape index (κ1) is 22.1. The Morgan fingerprint density at radius 1 is 1.00 bits per heavy atom. The average molecular weight is 433 g/mol. The number of fused-ring (bicyclic) bond motifs is 5. The van der Waals surface area contributed by atoms with E-state index in [0.717, 1.165) is 36.8 Å². The number of rotatable bonds is 5. The summed E-state index contributed by atoms with van der Waals surface area (Å²) in [6, 6.07) is 0. The summed E-state index contributed by atoms with van der Waals surface area (Å²) in [7, 11) is 1.76. The second kappa shape index (κ2) is 8.08. The van der Waals surface area contributed by atoms with Gasteiger partial charge in [-0.25, -0.2) is 0 Å². The van der Waals surface area contributed by atoms with Crippen molar-refractivity contribution in [3.63, 3.8) is 0 Å². The molecule has 0 N–H and O–H groups in total. The zero-order valence-electron chi connectivity index (χ0n) is 19.7. The molecule has 6 atom stereocenters. The Labute approximate surface area is 183 Å². The minimum Gasteiger partial charge on any atom is -0.414 e. The van der Waals surface area contributed by atoms with Gasteiger partial charge in [0.2, 0.25) is 0 Å². The van der Waals surface area contributed by atoms with Crippen LogP contribution in [0.3, 0.4) is 0 Å². The summed E-state index contributed by atoms with van der Waals surface area (Å²) in [4.78, 5) is 10.3. The van der Waals surface area contributed by atoms with Crippen molar-refractivity contribution in [2.24, 2.45) is 38.9 Å². The lowest BCUT2D eigenvalue weighted by Crippen LogP contribution is -2.53. The Morgan fingerprint density at radius 2 is 1.80 bits per heavy atom. The van der Waals surface area contributed by atoms with Crippen LogP contribution < -0.4 is 0 Å². The maximum atomic E-state index is 6.74. The predicted molar refractivity (Wildman–Crippen MR) is 124 cm³/mol. The molecular weight excluding hydrogens is 392 g/mol. The Hall–Kier alpha value is -1.14. The summed E-state index contributed by atoms with van der Waals surface area (Å²) < 4.78 is 6.74. The van der Waals surface area contributed by atoms with Crippen LogP contribution >= 0.6 is 0 Å². The third-order valence-electron chi connectivity index (χ3n) is 8.59. The molecular formula is C24H40N2O3Si. The highest BCUT2D eigenvalue weighted by atomic mass is 28.4. The van der Waals surface area contributed by atoms with Gasteiger partial charge in [0.15, 0.2) is 8.32 Å². The molecule has 4 aliphatic rings. The minimum atomic E-state index is -1.54. The molecule has 30 heavy (non-hydrogen) atoms. The number of nitrogens with zero attached hydrogens (tertiary/aromatic N) is 2. The smallest absolute Gasteiger partial charge is 0.184 e. The summed E-state index contributed by atoms with van der Waals surface area (Å²) in [6.45, 7) is 9.55. The van der Waals surface area contributed by atoms with Crippen LogP contribution in [0.1, 0.15) is 58.3 Å². The summed E-state index contributed by atoms with van der Waals surface area (Å²) in [5, 5.41) is 8.59. The van der Waals surface area contributed by atoms with Crippen molar-refractivity contribution < 1.29 is 14.1 Å². The molecule has 0 bridgehead atoms. The van der Waals surface area contributed by atoms with Crippen molar-refractivity contribution in [1.29, 1.82) is 0 Å². The highest BCUT2D eigenvalue weighted by Gasteiger charge is 2.60. The van der Waals surface area contributed by atoms with Gasteiger partial charge >= 0.3 is 0 Å². The third-order valence-corrected chi connectivity index (χ3v) is 9.58. The van der Waals surface area contributed by atoms with E-state index < -0.39 is 8.32 Å². The van der Waals surface area contributed by atoms with E-state index in [1.165, 1.54) is 37.7 Å². The fourth-order valence-electron chi connectivity index (χ4n) is 7.43. The second-order valence-corrected chi connectivity index (χ2v) is 15.6. The van der Waals surface area contributed by atoms with Gasteiger partial charge in [-0.2, -0.15) is 0 Å². The lowest BCUT2D eigenvalue weighted by Gasteiger charge is -2.58. The summed E-state index contributed by atoms with van der Waals surface area (Å²) in [6.07, 6.45) is 14.4. The zero-order chi connectivity index (χ0) is 21.6. The highest BCUT2D eigenvalue weighted by molar-refractivity contribution is 6.69. The van der Waals surface area contributed by atoms with Crippen molar-refractivity contribution >= 4 is 20.2 Å². The molecule has 0 aliphatic heterocycles. The topological polar surface area (TPSA) is 52.4 Å². The molecule has 3 fully saturated rings. The van der Waals surface area contributed by atoms with Crippen LogP contribution in [0.5, 0.6) is 0 Å². The van der Waals surface area contributed by atoms with Gasteiger partial charge in [0.05, 0.1) is 18.0 Å². The molecule has 0 heterocycles. The third kappa shape index (κ3) is 3.68. The molecule has 0 aromatic carbocycles. The lowest BCUT2D eigenvalue weighted by atomic mass is 9.47. The van der Waals surface area contributed by atoms with Gasteiger partial charge in [-0.05, 0) is 100 Å². The van der Waals surface area contributed by atoms with Gasteiger partial charge in [0, 0.05) is 5.41 Å². The monoisotopic (exact) mass is 432 g/mol. The molecule has 5 nitrogen and oxygen atoms in total. The Balaban J connectivity index is 1.65. The van der Waals surface area contributed by atoms with E-state index >= 15 is 0 Å². The normalized spacial score (nSPS) is 42.5. The van der Waals surface area contributed by atoms with E-state index in [9.17, 15) is 0 Å². The average Bonchev–Trinajstić information content (AvgIpc) is 3.01. The van der Waals surface area contributed by atoms with Gasteiger partial charge in [-0.15, -0.1) is 0 Å². The maximum absolute atomic E-state index is 6.74. The molecule has 168 valence electrons. The molecule has 0 spiro atoms. The van der Waals surface area contributed by atoms with Crippen LogP contribution in [0.2, 0.25) is 19.6 Å². The number of hydrogen-bond donors (Lipinski definition) is 0. The van der Waals surface area contributed by atoms with Gasteiger partial charge < -0.3 is 14.1 Å². The number of hydrogen-bond acceptors (Lipinski definition) is 5. The Bertz CT molecular complexity index is 743. The molecule has 0 aromatic rings. The summed E-state index contributed by atoms with van der Waals surface area (Å²) in [5.41, 5.74) is 2.91. The molecule has 6 heteroatoms. The van der Waals surface area contributed by atoms with E-state index in [4.69, 9.17) is 14.1 Å². The van der Waals surface area contributed by atoms with Gasteiger partial charge in [-0.1, -0.05) is 22.8 Å². The minimum absolute atomic E-state index is 0.0186. The van der Waals surface area contributed by atoms with Crippen LogP contribution in [-0.4, -0.2) is 40.6 Å². The largest absolute Gasteiger partial charge is 0.414 e. The standard InChI is InChI=1S/C24H40N2O3Si/c1-23-13-12-21-19(20(23)9-10-22(23)29-30(4,5)6)8-7-17-15-18(26-28-3)11-14-24(17,21)16-25-27-2/h15-16,19-22H,7-14H2,1-6H3/b25-16+,26-18+. The van der Waals surface area contributed by atoms with E-state index in [-0.39, 0.29) is 5.41 Å². The van der Waals surface area contributed by atoms with Crippen molar-refractivity contribution in [3.8, 4) is 0 Å². The van der Waals surface area contributed by atoms with Crippen LogP contribution in [0.25, 0.3) is 0 Å². The van der Waals surface area contributed by atoms with Crippen molar-refractivity contribution in [2.75, 3.05) is 14.2 Å². The second-order valence-electron chi connectivity index (χ2n) is 11.1. The molecule has 0 radical (unpaired) electrons. The van der Waals surface area contributed by atoms with Gasteiger partial charge in [-0.3, -0.25) is 0 Å². The maximum Gasteiger partial charge on any atom is 0.184 e. The number of allylic oxidation sites excluding steroid dienone is 2. The lowest BCUT2D eigenvalue weighted by molar-refractivity contribution is -0.0562. The van der Waals surface area contributed by atoms with E-state index in [0.29, 0.717) is 17.4 Å². The molecule has 0 saturated heterocycles. The van der Waals surface area contributed by atoms with Crippen molar-refractivity contribution in [3.05, 3.63) is 11.6 Å². The van der Waals surface area contributed by atoms with E-state index in [1.54, 1.807) is 14.2 Å². The SMILES string of the molecule is CO/N=C/C12CC/C(=N\OC)C=C1CCC1C2CCC2(C)C(O[Si](C)(C)C)CCC12. The summed E-state index contributed by atoms with van der Waals surface area (Å²) in [5.74, 6) is 2.16. The van der Waals surface area contributed by atoms with Crippen LogP contribution in [0, 0.1) is 28.6 Å². The molecule has 0 aromatic heterocycles. The fourth-order valence-corrected chi connectivity index (χ4v) is 8.68. The van der Waals surface area contributed by atoms with Crippen LogP contribution in [-0.2, 0) is 14.1 Å².